The molecule has 0 saturated carbocycles. The van der Waals surface area contributed by atoms with Gasteiger partial charge in [-0.05, 0) is 87.0 Å². The summed E-state index contributed by atoms with van der Waals surface area (Å²) in [6.07, 6.45) is 1.95. The number of hydrogen-bond donors (Lipinski definition) is 0. The highest BCUT2D eigenvalue weighted by Crippen LogP contribution is 2.39. The van der Waals surface area contributed by atoms with Crippen LogP contribution >= 0.6 is 15.8 Å². The standard InChI is InChI=1S/C38H40O2P2/c1-29-30(2)38(40-26-28-42(35-21-13-7-14-22-35)36-23-15-8-16-24-36)32(4)31(3)37(29)39-25-27-41(33-17-9-5-10-18-33)34-19-11-6-12-20-34/h5-24H,25-28H2,1-4H3. The first kappa shape index (κ1) is 30.0. The molecule has 0 aliphatic rings. The Morgan fingerprint density at radius 1 is 0.381 bits per heavy atom. The van der Waals surface area contributed by atoms with Gasteiger partial charge in [0.1, 0.15) is 11.5 Å². The van der Waals surface area contributed by atoms with Gasteiger partial charge < -0.3 is 9.47 Å². The van der Waals surface area contributed by atoms with Crippen LogP contribution in [0, 0.1) is 27.7 Å². The molecule has 0 aliphatic carbocycles. The Morgan fingerprint density at radius 2 is 0.619 bits per heavy atom. The van der Waals surface area contributed by atoms with Gasteiger partial charge >= 0.3 is 0 Å². The second-order valence-electron chi connectivity index (χ2n) is 10.5. The minimum absolute atomic E-state index is 0.489. The molecule has 0 aromatic heterocycles. The molecule has 0 amide bonds. The monoisotopic (exact) mass is 590 g/mol. The zero-order chi connectivity index (χ0) is 29.3. The van der Waals surface area contributed by atoms with Gasteiger partial charge in [0.2, 0.25) is 0 Å². The van der Waals surface area contributed by atoms with E-state index in [1.165, 1.54) is 43.5 Å². The quantitative estimate of drug-likeness (QED) is 0.137. The molecule has 0 aliphatic heterocycles. The minimum Gasteiger partial charge on any atom is -0.493 e. The number of rotatable bonds is 12. The highest BCUT2D eigenvalue weighted by atomic mass is 31.1. The molecule has 5 rings (SSSR count). The second-order valence-corrected chi connectivity index (χ2v) is 15.2. The summed E-state index contributed by atoms with van der Waals surface area (Å²) in [5.74, 6) is 2.01. The van der Waals surface area contributed by atoms with Gasteiger partial charge in [0.25, 0.3) is 0 Å². The van der Waals surface area contributed by atoms with Crippen molar-refractivity contribution in [1.82, 2.24) is 0 Å². The van der Waals surface area contributed by atoms with Crippen LogP contribution in [0.5, 0.6) is 11.5 Å². The van der Waals surface area contributed by atoms with Crippen molar-refractivity contribution in [3.63, 3.8) is 0 Å². The van der Waals surface area contributed by atoms with Gasteiger partial charge in [0.05, 0.1) is 13.2 Å². The molecule has 0 heterocycles. The summed E-state index contributed by atoms with van der Waals surface area (Å²) < 4.78 is 13.2. The first-order chi connectivity index (χ1) is 20.5. The molecule has 2 nitrogen and oxygen atoms in total. The Kier molecular flexibility index (Phi) is 10.5. The van der Waals surface area contributed by atoms with E-state index >= 15 is 0 Å². The van der Waals surface area contributed by atoms with Crippen LogP contribution in [0.25, 0.3) is 0 Å². The summed E-state index contributed by atoms with van der Waals surface area (Å²) in [5, 5.41) is 5.55. The molecule has 0 unspecified atom stereocenters. The molecule has 0 atom stereocenters. The average Bonchev–Trinajstić information content (AvgIpc) is 3.05. The van der Waals surface area contributed by atoms with Crippen LogP contribution in [-0.4, -0.2) is 25.5 Å². The summed E-state index contributed by atoms with van der Waals surface area (Å²) in [6, 6.07) is 43.4. The van der Waals surface area contributed by atoms with Crippen molar-refractivity contribution in [3.05, 3.63) is 144 Å². The van der Waals surface area contributed by atoms with Crippen molar-refractivity contribution in [1.29, 1.82) is 0 Å². The molecule has 0 bridgehead atoms. The summed E-state index contributed by atoms with van der Waals surface area (Å²) in [5.41, 5.74) is 4.69. The van der Waals surface area contributed by atoms with E-state index in [4.69, 9.17) is 9.47 Å². The van der Waals surface area contributed by atoms with Crippen LogP contribution in [0.4, 0.5) is 0 Å². The van der Waals surface area contributed by atoms with E-state index in [2.05, 4.69) is 149 Å². The fourth-order valence-electron chi connectivity index (χ4n) is 5.40. The van der Waals surface area contributed by atoms with Gasteiger partial charge in [-0.1, -0.05) is 121 Å². The molecule has 5 aromatic rings. The molecule has 0 saturated heterocycles. The van der Waals surface area contributed by atoms with E-state index in [0.717, 1.165) is 23.8 Å². The van der Waals surface area contributed by atoms with Gasteiger partial charge in [-0.3, -0.25) is 0 Å². The number of hydrogen-bond acceptors (Lipinski definition) is 2. The Bertz CT molecular complexity index is 1330. The zero-order valence-corrected chi connectivity index (χ0v) is 26.9. The molecule has 5 aromatic carbocycles. The molecular formula is C38H40O2P2. The lowest BCUT2D eigenvalue weighted by Gasteiger charge is -2.24. The summed E-state index contributed by atoms with van der Waals surface area (Å²) in [6.45, 7) is 10.0. The predicted octanol–water partition coefficient (Wildman–Crippen LogP) is 7.94. The van der Waals surface area contributed by atoms with Crippen LogP contribution < -0.4 is 30.7 Å². The highest BCUT2D eigenvalue weighted by Gasteiger charge is 2.20. The first-order valence-corrected chi connectivity index (χ1v) is 17.7. The third kappa shape index (κ3) is 7.12. The Hall–Kier alpha value is -3.44. The maximum Gasteiger partial charge on any atom is 0.125 e. The third-order valence-corrected chi connectivity index (χ3v) is 12.8. The fraction of sp³-hybridized carbons (Fsp3) is 0.211. The van der Waals surface area contributed by atoms with Crippen molar-refractivity contribution in [2.45, 2.75) is 27.7 Å². The van der Waals surface area contributed by atoms with Gasteiger partial charge in [-0.25, -0.2) is 0 Å². The largest absolute Gasteiger partial charge is 0.493 e. The van der Waals surface area contributed by atoms with E-state index in [9.17, 15) is 0 Å². The lowest BCUT2D eigenvalue weighted by atomic mass is 9.98. The minimum atomic E-state index is -0.489. The maximum atomic E-state index is 6.58. The van der Waals surface area contributed by atoms with Gasteiger partial charge in [0, 0.05) is 12.3 Å². The predicted molar refractivity (Wildman–Crippen MR) is 184 cm³/mol. The number of ether oxygens (including phenoxy) is 2. The lowest BCUT2D eigenvalue weighted by Crippen LogP contribution is -2.18. The smallest absolute Gasteiger partial charge is 0.125 e. The molecule has 0 spiro atoms. The topological polar surface area (TPSA) is 18.5 Å². The van der Waals surface area contributed by atoms with Crippen molar-refractivity contribution >= 4 is 37.1 Å². The summed E-state index contributed by atoms with van der Waals surface area (Å²) in [7, 11) is -0.978. The normalized spacial score (nSPS) is 11.2. The molecular weight excluding hydrogens is 550 g/mol. The Balaban J connectivity index is 1.29. The van der Waals surface area contributed by atoms with E-state index in [0.29, 0.717) is 13.2 Å². The maximum absolute atomic E-state index is 6.58. The van der Waals surface area contributed by atoms with Crippen LogP contribution in [0.2, 0.25) is 0 Å². The first-order valence-electron chi connectivity index (χ1n) is 14.7. The summed E-state index contributed by atoms with van der Waals surface area (Å²) >= 11 is 0. The molecule has 4 heteroatoms. The van der Waals surface area contributed by atoms with E-state index in [1.807, 2.05) is 0 Å². The molecule has 214 valence electrons. The van der Waals surface area contributed by atoms with Crippen LogP contribution in [0.3, 0.4) is 0 Å². The molecule has 0 radical (unpaired) electrons. The van der Waals surface area contributed by atoms with Crippen molar-refractivity contribution < 1.29 is 9.47 Å². The molecule has 42 heavy (non-hydrogen) atoms. The van der Waals surface area contributed by atoms with E-state index in [1.54, 1.807) is 0 Å². The lowest BCUT2D eigenvalue weighted by molar-refractivity contribution is 0.325. The summed E-state index contributed by atoms with van der Waals surface area (Å²) in [4.78, 5) is 0. The van der Waals surface area contributed by atoms with Crippen molar-refractivity contribution in [2.24, 2.45) is 0 Å². The average molecular weight is 591 g/mol. The number of benzene rings is 5. The SMILES string of the molecule is Cc1c(C)c(OCCP(c2ccccc2)c2ccccc2)c(C)c(C)c1OCCP(c1ccccc1)c1ccccc1. The van der Waals surface area contributed by atoms with Crippen LogP contribution in [0.1, 0.15) is 22.3 Å². The Morgan fingerprint density at radius 3 is 0.857 bits per heavy atom. The van der Waals surface area contributed by atoms with Crippen molar-refractivity contribution in [3.8, 4) is 11.5 Å². The van der Waals surface area contributed by atoms with Crippen molar-refractivity contribution in [2.75, 3.05) is 25.5 Å². The highest BCUT2D eigenvalue weighted by molar-refractivity contribution is 7.73. The fourth-order valence-corrected chi connectivity index (χ4v) is 9.71. The molecule has 0 fully saturated rings. The zero-order valence-electron chi connectivity index (χ0n) is 25.1. The van der Waals surface area contributed by atoms with Crippen LogP contribution in [-0.2, 0) is 0 Å². The van der Waals surface area contributed by atoms with E-state index in [-0.39, 0.29) is 0 Å². The van der Waals surface area contributed by atoms with E-state index < -0.39 is 15.8 Å². The van der Waals surface area contributed by atoms with Gasteiger partial charge in [0.15, 0.2) is 0 Å². The third-order valence-electron chi connectivity index (χ3n) is 7.88. The second kappa shape index (κ2) is 14.6. The van der Waals surface area contributed by atoms with Gasteiger partial charge in [-0.15, -0.1) is 0 Å². The Labute approximate surface area is 254 Å². The van der Waals surface area contributed by atoms with Gasteiger partial charge in [-0.2, -0.15) is 0 Å². The molecule has 0 N–H and O–H groups in total. The van der Waals surface area contributed by atoms with Crippen LogP contribution in [0.15, 0.2) is 121 Å².